The molecule has 0 radical (unpaired) electrons. The molecule has 1 atom stereocenters. The zero-order valence-corrected chi connectivity index (χ0v) is 12.5. The summed E-state index contributed by atoms with van der Waals surface area (Å²) >= 11 is 0. The monoisotopic (exact) mass is 277 g/mol. The molecule has 3 heterocycles. The van der Waals surface area contributed by atoms with E-state index in [4.69, 9.17) is 0 Å². The highest BCUT2D eigenvalue weighted by Crippen LogP contribution is 2.43. The van der Waals surface area contributed by atoms with Gasteiger partial charge in [0.15, 0.2) is 0 Å². The molecule has 1 unspecified atom stereocenters. The molecular formula is C20H23N. The minimum Gasteiger partial charge on any atom is -0.303 e. The van der Waals surface area contributed by atoms with Crippen molar-refractivity contribution in [1.29, 1.82) is 0 Å². The molecule has 5 rings (SSSR count). The summed E-state index contributed by atoms with van der Waals surface area (Å²) < 4.78 is 0. The van der Waals surface area contributed by atoms with Crippen LogP contribution >= 0.6 is 0 Å². The van der Waals surface area contributed by atoms with Gasteiger partial charge in [-0.3, -0.25) is 0 Å². The van der Waals surface area contributed by atoms with Crippen molar-refractivity contribution in [3.8, 4) is 0 Å². The van der Waals surface area contributed by atoms with Gasteiger partial charge in [0.05, 0.1) is 0 Å². The third kappa shape index (κ3) is 2.51. The summed E-state index contributed by atoms with van der Waals surface area (Å²) in [4.78, 5) is 2.67. The maximum Gasteiger partial charge on any atom is 0.0132 e. The lowest BCUT2D eigenvalue weighted by Crippen LogP contribution is -2.49. The molecule has 108 valence electrons. The number of benzene rings is 2. The Morgan fingerprint density at radius 2 is 1.29 bits per heavy atom. The molecular weight excluding hydrogens is 254 g/mol. The van der Waals surface area contributed by atoms with Crippen LogP contribution in [0.1, 0.15) is 29.9 Å². The Labute approximate surface area is 127 Å². The predicted octanol–water partition coefficient (Wildman–Crippen LogP) is 4.16. The predicted molar refractivity (Wildman–Crippen MR) is 87.4 cm³/mol. The zero-order valence-electron chi connectivity index (χ0n) is 12.5. The van der Waals surface area contributed by atoms with E-state index in [1.54, 1.807) is 0 Å². The first-order valence-electron chi connectivity index (χ1n) is 8.24. The van der Waals surface area contributed by atoms with Crippen LogP contribution in [-0.4, -0.2) is 24.5 Å². The third-order valence-electron chi connectivity index (χ3n) is 5.45. The molecule has 3 fully saturated rings. The standard InChI is InChI=1S/C20H23N/c1-3-7-17(8-4-1)20(18-9-5-2-6-10-18)19-15-21-13-11-16(19)12-14-21/h1-10,16,19-20H,11-15H2. The van der Waals surface area contributed by atoms with Gasteiger partial charge in [0, 0.05) is 12.5 Å². The highest BCUT2D eigenvalue weighted by molar-refractivity contribution is 5.34. The lowest BCUT2D eigenvalue weighted by Gasteiger charge is -2.48. The van der Waals surface area contributed by atoms with Crippen LogP contribution in [0.5, 0.6) is 0 Å². The van der Waals surface area contributed by atoms with Crippen LogP contribution in [-0.2, 0) is 0 Å². The fraction of sp³-hybridized carbons (Fsp3) is 0.400. The second-order valence-corrected chi connectivity index (χ2v) is 6.60. The molecule has 0 amide bonds. The molecule has 3 aliphatic heterocycles. The minimum atomic E-state index is 0.556. The molecule has 2 aromatic rings. The Bertz CT molecular complexity index is 530. The van der Waals surface area contributed by atoms with Crippen LogP contribution in [0.25, 0.3) is 0 Å². The van der Waals surface area contributed by atoms with E-state index in [-0.39, 0.29) is 0 Å². The average Bonchev–Trinajstić information content (AvgIpc) is 2.58. The summed E-state index contributed by atoms with van der Waals surface area (Å²) in [7, 11) is 0. The van der Waals surface area contributed by atoms with Crippen molar-refractivity contribution in [2.75, 3.05) is 19.6 Å². The Kier molecular flexibility index (Phi) is 3.52. The molecule has 0 spiro atoms. The van der Waals surface area contributed by atoms with E-state index < -0.39 is 0 Å². The van der Waals surface area contributed by atoms with Crippen LogP contribution in [0.2, 0.25) is 0 Å². The fourth-order valence-corrected chi connectivity index (χ4v) is 4.40. The van der Waals surface area contributed by atoms with E-state index in [9.17, 15) is 0 Å². The summed E-state index contributed by atoms with van der Waals surface area (Å²) in [6.07, 6.45) is 2.78. The van der Waals surface area contributed by atoms with Crippen LogP contribution in [0.3, 0.4) is 0 Å². The molecule has 21 heavy (non-hydrogen) atoms. The van der Waals surface area contributed by atoms with E-state index in [0.717, 1.165) is 11.8 Å². The van der Waals surface area contributed by atoms with E-state index in [0.29, 0.717) is 5.92 Å². The molecule has 1 heteroatoms. The Balaban J connectivity index is 1.74. The molecule has 1 nitrogen and oxygen atoms in total. The van der Waals surface area contributed by atoms with E-state index in [2.05, 4.69) is 65.6 Å². The smallest absolute Gasteiger partial charge is 0.0132 e. The van der Waals surface area contributed by atoms with Gasteiger partial charge < -0.3 is 4.90 Å². The number of rotatable bonds is 3. The van der Waals surface area contributed by atoms with Gasteiger partial charge in [0.2, 0.25) is 0 Å². The number of hydrogen-bond acceptors (Lipinski definition) is 1. The summed E-state index contributed by atoms with van der Waals surface area (Å²) in [6, 6.07) is 22.3. The summed E-state index contributed by atoms with van der Waals surface area (Å²) in [5.74, 6) is 2.23. The second-order valence-electron chi connectivity index (χ2n) is 6.60. The fourth-order valence-electron chi connectivity index (χ4n) is 4.40. The summed E-state index contributed by atoms with van der Waals surface area (Å²) in [5.41, 5.74) is 2.98. The summed E-state index contributed by atoms with van der Waals surface area (Å²) in [5, 5.41) is 0. The lowest BCUT2D eigenvalue weighted by molar-refractivity contribution is 0.0428. The highest BCUT2D eigenvalue weighted by atomic mass is 15.1. The second kappa shape index (κ2) is 5.65. The van der Waals surface area contributed by atoms with Crippen molar-refractivity contribution in [3.05, 3.63) is 71.8 Å². The van der Waals surface area contributed by atoms with Crippen molar-refractivity contribution in [1.82, 2.24) is 4.90 Å². The van der Waals surface area contributed by atoms with Gasteiger partial charge in [-0.25, -0.2) is 0 Å². The maximum absolute atomic E-state index is 2.67. The van der Waals surface area contributed by atoms with Crippen molar-refractivity contribution >= 4 is 0 Å². The van der Waals surface area contributed by atoms with Crippen molar-refractivity contribution < 1.29 is 0 Å². The topological polar surface area (TPSA) is 3.24 Å². The van der Waals surface area contributed by atoms with Gasteiger partial charge in [0.25, 0.3) is 0 Å². The SMILES string of the molecule is c1ccc(C(c2ccccc2)C2CN3CCC2CC3)cc1. The molecule has 2 bridgehead atoms. The quantitative estimate of drug-likeness (QED) is 0.814. The van der Waals surface area contributed by atoms with Gasteiger partial charge in [-0.15, -0.1) is 0 Å². The van der Waals surface area contributed by atoms with Crippen molar-refractivity contribution in [3.63, 3.8) is 0 Å². The maximum atomic E-state index is 2.67. The van der Waals surface area contributed by atoms with Gasteiger partial charge in [-0.05, 0) is 48.9 Å². The first kappa shape index (κ1) is 13.1. The number of piperidine rings is 3. The first-order chi connectivity index (χ1) is 10.4. The Hall–Kier alpha value is -1.60. The largest absolute Gasteiger partial charge is 0.303 e. The Morgan fingerprint density at radius 3 is 1.71 bits per heavy atom. The van der Waals surface area contributed by atoms with E-state index in [1.165, 1.54) is 43.6 Å². The van der Waals surface area contributed by atoms with Crippen molar-refractivity contribution in [2.24, 2.45) is 11.8 Å². The van der Waals surface area contributed by atoms with Crippen LogP contribution < -0.4 is 0 Å². The Morgan fingerprint density at radius 1 is 0.762 bits per heavy atom. The highest BCUT2D eigenvalue weighted by Gasteiger charge is 2.39. The molecule has 3 saturated heterocycles. The number of hydrogen-bond donors (Lipinski definition) is 0. The zero-order chi connectivity index (χ0) is 14.1. The average molecular weight is 277 g/mol. The molecule has 0 N–H and O–H groups in total. The molecule has 2 aromatic carbocycles. The molecule has 0 saturated carbocycles. The lowest BCUT2D eigenvalue weighted by atomic mass is 9.68. The van der Waals surface area contributed by atoms with Crippen LogP contribution in [0.15, 0.2) is 60.7 Å². The van der Waals surface area contributed by atoms with Gasteiger partial charge in [-0.1, -0.05) is 60.7 Å². The van der Waals surface area contributed by atoms with E-state index >= 15 is 0 Å². The van der Waals surface area contributed by atoms with Gasteiger partial charge >= 0.3 is 0 Å². The minimum absolute atomic E-state index is 0.556. The van der Waals surface area contributed by atoms with E-state index in [1.807, 2.05) is 0 Å². The van der Waals surface area contributed by atoms with Gasteiger partial charge in [-0.2, -0.15) is 0 Å². The van der Waals surface area contributed by atoms with Crippen LogP contribution in [0.4, 0.5) is 0 Å². The van der Waals surface area contributed by atoms with Crippen molar-refractivity contribution in [2.45, 2.75) is 18.8 Å². The van der Waals surface area contributed by atoms with Gasteiger partial charge in [0.1, 0.15) is 0 Å². The molecule has 0 aromatic heterocycles. The van der Waals surface area contributed by atoms with Crippen LogP contribution in [0, 0.1) is 11.8 Å². The molecule has 0 aliphatic carbocycles. The number of nitrogens with zero attached hydrogens (tertiary/aromatic N) is 1. The summed E-state index contributed by atoms with van der Waals surface area (Å²) in [6.45, 7) is 3.91. The normalized spacial score (nSPS) is 28.0. The first-order valence-corrected chi connectivity index (χ1v) is 8.24. The third-order valence-corrected chi connectivity index (χ3v) is 5.45. The molecule has 3 aliphatic rings. The number of fused-ring (bicyclic) bond motifs is 3.